The molecular weight excluding hydrogens is 264 g/mol. The van der Waals surface area contributed by atoms with E-state index in [0.29, 0.717) is 6.04 Å². The Labute approximate surface area is 125 Å². The molecule has 0 radical (unpaired) electrons. The zero-order chi connectivity index (χ0) is 14.5. The van der Waals surface area contributed by atoms with Gasteiger partial charge in [-0.3, -0.25) is 0 Å². The lowest BCUT2D eigenvalue weighted by Crippen LogP contribution is -2.15. The molecule has 0 unspecified atom stereocenters. The number of ether oxygens (including phenoxy) is 1. The third kappa shape index (κ3) is 3.85. The van der Waals surface area contributed by atoms with Gasteiger partial charge in [-0.2, -0.15) is 0 Å². The molecule has 1 aliphatic carbocycles. The molecule has 1 aliphatic rings. The van der Waals surface area contributed by atoms with E-state index in [2.05, 4.69) is 17.2 Å². The average molecular weight is 286 g/mol. The summed E-state index contributed by atoms with van der Waals surface area (Å²) >= 11 is 0. The van der Waals surface area contributed by atoms with Gasteiger partial charge in [0.15, 0.2) is 12.2 Å². The maximum absolute atomic E-state index is 5.68. The first-order valence-electron chi connectivity index (χ1n) is 7.76. The van der Waals surface area contributed by atoms with Gasteiger partial charge < -0.3 is 14.5 Å². The van der Waals surface area contributed by atoms with Crippen LogP contribution >= 0.6 is 0 Å². The molecule has 2 aromatic rings. The van der Waals surface area contributed by atoms with Crippen molar-refractivity contribution in [3.8, 4) is 17.1 Å². The molecule has 0 spiro atoms. The summed E-state index contributed by atoms with van der Waals surface area (Å²) in [6, 6.07) is 8.71. The second-order valence-corrected chi connectivity index (χ2v) is 5.51. The number of oxazole rings is 1. The highest BCUT2D eigenvalue weighted by molar-refractivity contribution is 5.60. The van der Waals surface area contributed by atoms with Crippen LogP contribution in [0.2, 0.25) is 0 Å². The zero-order valence-electron chi connectivity index (χ0n) is 12.5. The molecular formula is C17H22N2O2. The van der Waals surface area contributed by atoms with Crippen LogP contribution in [0.1, 0.15) is 38.3 Å². The topological polar surface area (TPSA) is 47.3 Å². The first-order chi connectivity index (χ1) is 10.4. The molecule has 1 N–H and O–H groups in total. The molecule has 1 aromatic heterocycles. The van der Waals surface area contributed by atoms with E-state index in [1.54, 1.807) is 0 Å². The zero-order valence-corrected chi connectivity index (χ0v) is 12.5. The number of hydrogen-bond acceptors (Lipinski definition) is 4. The van der Waals surface area contributed by atoms with E-state index in [9.17, 15) is 0 Å². The summed E-state index contributed by atoms with van der Waals surface area (Å²) in [5, 5.41) is 3.47. The molecule has 0 saturated heterocycles. The average Bonchev–Trinajstić information content (AvgIpc) is 3.23. The van der Waals surface area contributed by atoms with Crippen LogP contribution < -0.4 is 10.1 Å². The van der Waals surface area contributed by atoms with Gasteiger partial charge in [-0.25, -0.2) is 4.98 Å². The number of hydrogen-bond donors (Lipinski definition) is 1. The van der Waals surface area contributed by atoms with E-state index in [-0.39, 0.29) is 0 Å². The number of rotatable bonds is 8. The highest BCUT2D eigenvalue weighted by atomic mass is 16.5. The molecule has 1 aromatic carbocycles. The molecule has 21 heavy (non-hydrogen) atoms. The molecule has 0 atom stereocenters. The highest BCUT2D eigenvalue weighted by Gasteiger charge is 2.21. The molecule has 1 saturated carbocycles. The van der Waals surface area contributed by atoms with E-state index in [0.717, 1.165) is 48.8 Å². The van der Waals surface area contributed by atoms with Gasteiger partial charge in [0.1, 0.15) is 11.4 Å². The quantitative estimate of drug-likeness (QED) is 0.750. The maximum Gasteiger partial charge on any atom is 0.181 e. The minimum Gasteiger partial charge on any atom is -0.494 e. The molecule has 0 bridgehead atoms. The van der Waals surface area contributed by atoms with Crippen LogP contribution in [-0.2, 0) is 6.54 Å². The fourth-order valence-corrected chi connectivity index (χ4v) is 2.20. The van der Waals surface area contributed by atoms with Crippen LogP contribution in [0.3, 0.4) is 0 Å². The van der Waals surface area contributed by atoms with Crippen LogP contribution in [0, 0.1) is 0 Å². The van der Waals surface area contributed by atoms with Gasteiger partial charge >= 0.3 is 0 Å². The van der Waals surface area contributed by atoms with Crippen molar-refractivity contribution >= 4 is 0 Å². The summed E-state index contributed by atoms with van der Waals surface area (Å²) in [6.07, 6.45) is 6.30. The van der Waals surface area contributed by atoms with E-state index in [1.165, 1.54) is 19.2 Å². The van der Waals surface area contributed by atoms with Gasteiger partial charge in [0.2, 0.25) is 0 Å². The van der Waals surface area contributed by atoms with Gasteiger partial charge in [0.05, 0.1) is 6.61 Å². The van der Waals surface area contributed by atoms with Crippen molar-refractivity contribution in [1.82, 2.24) is 10.3 Å². The predicted molar refractivity (Wildman–Crippen MR) is 82.2 cm³/mol. The summed E-state index contributed by atoms with van der Waals surface area (Å²) < 4.78 is 11.2. The third-order valence-corrected chi connectivity index (χ3v) is 3.66. The van der Waals surface area contributed by atoms with Gasteiger partial charge in [-0.1, -0.05) is 13.3 Å². The fraction of sp³-hybridized carbons (Fsp3) is 0.471. The summed E-state index contributed by atoms with van der Waals surface area (Å²) in [7, 11) is 0. The summed E-state index contributed by atoms with van der Waals surface area (Å²) in [4.78, 5) is 4.31. The monoisotopic (exact) mass is 286 g/mol. The molecule has 3 rings (SSSR count). The fourth-order valence-electron chi connectivity index (χ4n) is 2.20. The molecule has 1 fully saturated rings. The van der Waals surface area contributed by atoms with Crippen molar-refractivity contribution in [2.45, 2.75) is 45.2 Å². The second kappa shape index (κ2) is 6.76. The lowest BCUT2D eigenvalue weighted by atomic mass is 10.1. The van der Waals surface area contributed by atoms with E-state index >= 15 is 0 Å². The van der Waals surface area contributed by atoms with Crippen molar-refractivity contribution in [3.63, 3.8) is 0 Å². The normalized spacial score (nSPS) is 14.3. The molecule has 1 heterocycles. The first-order valence-corrected chi connectivity index (χ1v) is 7.76. The Morgan fingerprint density at radius 3 is 2.81 bits per heavy atom. The SMILES string of the molecule is CCCCOc1ccc(-c2ocnc2CNC2CC2)cc1. The van der Waals surface area contributed by atoms with Crippen LogP contribution in [0.15, 0.2) is 35.1 Å². The minimum atomic E-state index is 0.670. The van der Waals surface area contributed by atoms with Crippen molar-refractivity contribution in [1.29, 1.82) is 0 Å². The number of aromatic nitrogens is 1. The Bertz CT molecular complexity index is 558. The smallest absolute Gasteiger partial charge is 0.181 e. The Morgan fingerprint density at radius 2 is 2.10 bits per heavy atom. The van der Waals surface area contributed by atoms with Crippen LogP contribution in [0.5, 0.6) is 5.75 Å². The van der Waals surface area contributed by atoms with E-state index in [1.807, 2.05) is 24.3 Å². The third-order valence-electron chi connectivity index (χ3n) is 3.66. The van der Waals surface area contributed by atoms with E-state index < -0.39 is 0 Å². The van der Waals surface area contributed by atoms with Crippen LogP contribution in [-0.4, -0.2) is 17.6 Å². The van der Waals surface area contributed by atoms with Crippen molar-refractivity contribution < 1.29 is 9.15 Å². The van der Waals surface area contributed by atoms with Crippen LogP contribution in [0.4, 0.5) is 0 Å². The van der Waals surface area contributed by atoms with Gasteiger partial charge in [0.25, 0.3) is 0 Å². The minimum absolute atomic E-state index is 0.670. The lowest BCUT2D eigenvalue weighted by molar-refractivity contribution is 0.309. The Morgan fingerprint density at radius 1 is 1.29 bits per heavy atom. The Kier molecular flexibility index (Phi) is 4.55. The Balaban J connectivity index is 1.64. The second-order valence-electron chi connectivity index (χ2n) is 5.51. The number of nitrogens with one attached hydrogen (secondary N) is 1. The summed E-state index contributed by atoms with van der Waals surface area (Å²) in [6.45, 7) is 3.70. The van der Waals surface area contributed by atoms with Crippen molar-refractivity contribution in [3.05, 3.63) is 36.4 Å². The molecule has 0 aliphatic heterocycles. The van der Waals surface area contributed by atoms with Crippen molar-refractivity contribution in [2.24, 2.45) is 0 Å². The number of benzene rings is 1. The molecule has 112 valence electrons. The summed E-state index contributed by atoms with van der Waals surface area (Å²) in [5.74, 6) is 1.76. The summed E-state index contributed by atoms with van der Waals surface area (Å²) in [5.41, 5.74) is 2.02. The first kappa shape index (κ1) is 14.1. The number of nitrogens with zero attached hydrogens (tertiary/aromatic N) is 1. The molecule has 0 amide bonds. The maximum atomic E-state index is 5.68. The lowest BCUT2D eigenvalue weighted by Gasteiger charge is -2.06. The standard InChI is InChI=1S/C17H22N2O2/c1-2-3-10-20-15-8-4-13(5-9-15)17-16(19-12-21-17)11-18-14-6-7-14/h4-5,8-9,12,14,18H,2-3,6-7,10-11H2,1H3. The highest BCUT2D eigenvalue weighted by Crippen LogP contribution is 2.26. The van der Waals surface area contributed by atoms with Gasteiger partial charge in [-0.15, -0.1) is 0 Å². The largest absolute Gasteiger partial charge is 0.494 e. The van der Waals surface area contributed by atoms with Crippen LogP contribution in [0.25, 0.3) is 11.3 Å². The van der Waals surface area contributed by atoms with Gasteiger partial charge in [-0.05, 0) is 43.5 Å². The number of unbranched alkanes of at least 4 members (excludes halogenated alkanes) is 1. The van der Waals surface area contributed by atoms with E-state index in [4.69, 9.17) is 9.15 Å². The van der Waals surface area contributed by atoms with Crippen molar-refractivity contribution in [2.75, 3.05) is 6.61 Å². The predicted octanol–water partition coefficient (Wildman–Crippen LogP) is 3.77. The Hall–Kier alpha value is -1.81. The molecule has 4 nitrogen and oxygen atoms in total. The van der Waals surface area contributed by atoms with Gasteiger partial charge in [0, 0.05) is 18.2 Å². The molecule has 4 heteroatoms.